The summed E-state index contributed by atoms with van der Waals surface area (Å²) in [5.41, 5.74) is 5.24. The fraction of sp³-hybridized carbons (Fsp3) is 0.909. The lowest BCUT2D eigenvalue weighted by atomic mass is 10.00. The molecule has 1 saturated carbocycles. The van der Waals surface area contributed by atoms with Crippen molar-refractivity contribution >= 4 is 5.97 Å². The molecule has 0 aliphatic heterocycles. The van der Waals surface area contributed by atoms with Crippen LogP contribution in [0.15, 0.2) is 0 Å². The van der Waals surface area contributed by atoms with Crippen molar-refractivity contribution in [2.75, 3.05) is 6.54 Å². The number of ether oxygens (including phenoxy) is 1. The molecule has 0 bridgehead atoms. The molecule has 0 unspecified atom stereocenters. The topological polar surface area (TPSA) is 52.3 Å². The molecule has 0 aromatic rings. The molecule has 0 amide bonds. The van der Waals surface area contributed by atoms with Crippen molar-refractivity contribution in [1.82, 2.24) is 0 Å². The van der Waals surface area contributed by atoms with E-state index in [0.717, 1.165) is 0 Å². The molecule has 82 valence electrons. The minimum Gasteiger partial charge on any atom is -0.460 e. The highest BCUT2D eigenvalue weighted by Gasteiger charge is 2.32. The zero-order valence-corrected chi connectivity index (χ0v) is 9.38. The first kappa shape index (κ1) is 11.5. The molecular formula is C11H21NO2. The van der Waals surface area contributed by atoms with Crippen LogP contribution in [0.2, 0.25) is 0 Å². The summed E-state index contributed by atoms with van der Waals surface area (Å²) in [7, 11) is 0. The lowest BCUT2D eigenvalue weighted by molar-refractivity contribution is -0.156. The molecule has 1 rings (SSSR count). The fourth-order valence-corrected chi connectivity index (χ4v) is 1.61. The quantitative estimate of drug-likeness (QED) is 0.701. The molecule has 0 saturated heterocycles. The Morgan fingerprint density at radius 1 is 1.50 bits per heavy atom. The maximum atomic E-state index is 11.5. The highest BCUT2D eigenvalue weighted by atomic mass is 16.6. The zero-order chi connectivity index (χ0) is 10.8. The van der Waals surface area contributed by atoms with Crippen LogP contribution >= 0.6 is 0 Å². The third-order valence-corrected chi connectivity index (χ3v) is 2.44. The van der Waals surface area contributed by atoms with Gasteiger partial charge in [-0.1, -0.05) is 0 Å². The van der Waals surface area contributed by atoms with Crippen LogP contribution in [0.25, 0.3) is 0 Å². The van der Waals surface area contributed by atoms with Crippen LogP contribution in [0.5, 0.6) is 0 Å². The van der Waals surface area contributed by atoms with Gasteiger partial charge in [0.1, 0.15) is 5.60 Å². The fourth-order valence-electron chi connectivity index (χ4n) is 1.61. The Hall–Kier alpha value is -0.570. The van der Waals surface area contributed by atoms with Gasteiger partial charge in [0.05, 0.1) is 0 Å². The van der Waals surface area contributed by atoms with Crippen molar-refractivity contribution in [3.8, 4) is 0 Å². The van der Waals surface area contributed by atoms with Crippen LogP contribution < -0.4 is 5.73 Å². The Morgan fingerprint density at radius 2 is 2.07 bits per heavy atom. The van der Waals surface area contributed by atoms with Gasteiger partial charge in [0.25, 0.3) is 0 Å². The Kier molecular flexibility index (Phi) is 3.53. The van der Waals surface area contributed by atoms with E-state index in [1.54, 1.807) is 0 Å². The van der Waals surface area contributed by atoms with E-state index in [4.69, 9.17) is 10.5 Å². The molecule has 1 aliphatic carbocycles. The van der Waals surface area contributed by atoms with Gasteiger partial charge in [-0.25, -0.2) is 0 Å². The molecular weight excluding hydrogens is 178 g/mol. The number of hydrogen-bond donors (Lipinski definition) is 1. The van der Waals surface area contributed by atoms with Gasteiger partial charge in [-0.2, -0.15) is 0 Å². The second-order valence-corrected chi connectivity index (χ2v) is 5.12. The Bertz CT molecular complexity index is 204. The predicted octanol–water partition coefficient (Wildman–Crippen LogP) is 1.70. The largest absolute Gasteiger partial charge is 0.460 e. The summed E-state index contributed by atoms with van der Waals surface area (Å²) in [5.74, 6) is 0.900. The minimum absolute atomic E-state index is 0.111. The number of rotatable bonds is 4. The van der Waals surface area contributed by atoms with E-state index in [2.05, 4.69) is 0 Å². The number of carbonyl (C=O) groups is 1. The average Bonchev–Trinajstić information content (AvgIpc) is 2.78. The molecule has 2 N–H and O–H groups in total. The Balaban J connectivity index is 2.31. The second kappa shape index (κ2) is 4.30. The summed E-state index contributed by atoms with van der Waals surface area (Å²) in [5, 5.41) is 0. The third kappa shape index (κ3) is 4.09. The van der Waals surface area contributed by atoms with Gasteiger partial charge in [-0.05, 0) is 52.0 Å². The molecule has 1 atom stereocenters. The average molecular weight is 199 g/mol. The molecule has 1 aliphatic rings. The van der Waals surface area contributed by atoms with Crippen molar-refractivity contribution in [2.24, 2.45) is 17.6 Å². The lowest BCUT2D eigenvalue weighted by Gasteiger charge is -2.21. The van der Waals surface area contributed by atoms with E-state index in [1.807, 2.05) is 20.8 Å². The summed E-state index contributed by atoms with van der Waals surface area (Å²) in [6.45, 7) is 6.27. The minimum atomic E-state index is -0.375. The maximum absolute atomic E-state index is 11.5. The van der Waals surface area contributed by atoms with Gasteiger partial charge < -0.3 is 10.5 Å². The zero-order valence-electron chi connectivity index (χ0n) is 9.38. The van der Waals surface area contributed by atoms with E-state index < -0.39 is 0 Å². The van der Waals surface area contributed by atoms with E-state index >= 15 is 0 Å². The predicted molar refractivity (Wildman–Crippen MR) is 55.7 cm³/mol. The summed E-state index contributed by atoms with van der Waals surface area (Å²) in [6, 6.07) is 0. The van der Waals surface area contributed by atoms with Crippen molar-refractivity contribution in [2.45, 2.75) is 45.6 Å². The number of esters is 1. The number of hydrogen-bond acceptors (Lipinski definition) is 3. The molecule has 14 heavy (non-hydrogen) atoms. The van der Waals surface area contributed by atoms with Gasteiger partial charge in [-0.15, -0.1) is 0 Å². The van der Waals surface area contributed by atoms with E-state index in [0.29, 0.717) is 24.8 Å². The first-order valence-corrected chi connectivity index (χ1v) is 5.34. The lowest BCUT2D eigenvalue weighted by Crippen LogP contribution is -2.27. The van der Waals surface area contributed by atoms with E-state index in [1.165, 1.54) is 12.8 Å². The summed E-state index contributed by atoms with van der Waals surface area (Å²) < 4.78 is 5.25. The Morgan fingerprint density at radius 3 is 2.43 bits per heavy atom. The molecule has 0 spiro atoms. The van der Waals surface area contributed by atoms with Gasteiger partial charge in [-0.3, -0.25) is 4.79 Å². The molecule has 0 heterocycles. The van der Waals surface area contributed by atoms with E-state index in [-0.39, 0.29) is 11.6 Å². The number of carbonyl (C=O) groups excluding carboxylic acids is 1. The van der Waals surface area contributed by atoms with Crippen molar-refractivity contribution in [1.29, 1.82) is 0 Å². The molecule has 0 aromatic carbocycles. The summed E-state index contributed by atoms with van der Waals surface area (Å²) >= 11 is 0. The smallest absolute Gasteiger partial charge is 0.306 e. The van der Waals surface area contributed by atoms with Crippen LogP contribution in [0.1, 0.15) is 40.0 Å². The van der Waals surface area contributed by atoms with Crippen LogP contribution in [-0.4, -0.2) is 18.1 Å². The van der Waals surface area contributed by atoms with Gasteiger partial charge in [0.15, 0.2) is 0 Å². The van der Waals surface area contributed by atoms with Crippen molar-refractivity contribution in [3.63, 3.8) is 0 Å². The molecule has 3 heteroatoms. The summed E-state index contributed by atoms with van der Waals surface area (Å²) in [4.78, 5) is 11.5. The van der Waals surface area contributed by atoms with E-state index in [9.17, 15) is 4.79 Å². The first-order chi connectivity index (χ1) is 6.42. The second-order valence-electron chi connectivity index (χ2n) is 5.12. The summed E-state index contributed by atoms with van der Waals surface area (Å²) in [6.07, 6.45) is 2.94. The molecule has 0 radical (unpaired) electrons. The SMILES string of the molecule is CC(C)(C)OC(=O)C[C@H](CN)C1CC1. The van der Waals surface area contributed by atoms with Gasteiger partial charge >= 0.3 is 5.97 Å². The van der Waals surface area contributed by atoms with Crippen LogP contribution in [0.3, 0.4) is 0 Å². The first-order valence-electron chi connectivity index (χ1n) is 5.34. The highest BCUT2D eigenvalue weighted by molar-refractivity contribution is 5.70. The molecule has 1 fully saturated rings. The molecule has 3 nitrogen and oxygen atoms in total. The van der Waals surface area contributed by atoms with Crippen LogP contribution in [0, 0.1) is 11.8 Å². The maximum Gasteiger partial charge on any atom is 0.306 e. The van der Waals surface area contributed by atoms with Gasteiger partial charge in [0.2, 0.25) is 0 Å². The van der Waals surface area contributed by atoms with Crippen molar-refractivity contribution in [3.05, 3.63) is 0 Å². The van der Waals surface area contributed by atoms with Crippen LogP contribution in [-0.2, 0) is 9.53 Å². The number of nitrogens with two attached hydrogens (primary N) is 1. The third-order valence-electron chi connectivity index (χ3n) is 2.44. The monoisotopic (exact) mass is 199 g/mol. The standard InChI is InChI=1S/C11H21NO2/c1-11(2,3)14-10(13)6-9(7-12)8-4-5-8/h8-9H,4-7,12H2,1-3H3/t9-/m1/s1. The Labute approximate surface area is 86.0 Å². The van der Waals surface area contributed by atoms with Gasteiger partial charge in [0, 0.05) is 6.42 Å². The van der Waals surface area contributed by atoms with Crippen molar-refractivity contribution < 1.29 is 9.53 Å². The highest BCUT2D eigenvalue weighted by Crippen LogP contribution is 2.38. The normalized spacial score (nSPS) is 19.1. The molecule has 0 aromatic heterocycles. The van der Waals surface area contributed by atoms with Crippen LogP contribution in [0.4, 0.5) is 0 Å².